The zero-order valence-corrected chi connectivity index (χ0v) is 13.8. The van der Waals surface area contributed by atoms with Gasteiger partial charge in [0.15, 0.2) is 5.65 Å². The Bertz CT molecular complexity index is 1180. The molecule has 3 heterocycles. The number of aromatic amines is 1. The second-order valence-electron chi connectivity index (χ2n) is 5.53. The van der Waals surface area contributed by atoms with Gasteiger partial charge >= 0.3 is 0 Å². The van der Waals surface area contributed by atoms with Gasteiger partial charge in [-0.3, -0.25) is 14.5 Å². The topological polar surface area (TPSA) is 106 Å². The number of benzene rings is 1. The Morgan fingerprint density at radius 1 is 1.21 bits per heavy atom. The van der Waals surface area contributed by atoms with E-state index in [2.05, 4.69) is 25.0 Å². The van der Waals surface area contributed by atoms with Gasteiger partial charge in [0.2, 0.25) is 0 Å². The molecule has 0 aliphatic carbocycles. The van der Waals surface area contributed by atoms with Gasteiger partial charge in [0.25, 0.3) is 10.0 Å². The van der Waals surface area contributed by atoms with E-state index in [9.17, 15) is 8.42 Å². The number of hydrogen-bond acceptors (Lipinski definition) is 5. The van der Waals surface area contributed by atoms with E-state index in [4.69, 9.17) is 0 Å². The monoisotopic (exact) mass is 342 g/mol. The van der Waals surface area contributed by atoms with Crippen LogP contribution in [0.2, 0.25) is 0 Å². The minimum Gasteiger partial charge on any atom is -0.280 e. The summed E-state index contributed by atoms with van der Waals surface area (Å²) in [4.78, 5) is 4.31. The molecule has 0 bridgehead atoms. The predicted octanol–water partition coefficient (Wildman–Crippen LogP) is 1.95. The zero-order chi connectivity index (χ0) is 16.9. The van der Waals surface area contributed by atoms with Crippen molar-refractivity contribution in [3.63, 3.8) is 0 Å². The van der Waals surface area contributed by atoms with Crippen molar-refractivity contribution in [2.75, 3.05) is 4.72 Å². The van der Waals surface area contributed by atoms with E-state index >= 15 is 0 Å². The number of nitrogens with zero attached hydrogens (tertiary/aromatic N) is 4. The van der Waals surface area contributed by atoms with Crippen LogP contribution in [-0.4, -0.2) is 33.4 Å². The summed E-state index contributed by atoms with van der Waals surface area (Å²) in [6.45, 7) is 1.82. The Morgan fingerprint density at radius 3 is 2.88 bits per heavy atom. The Morgan fingerprint density at radius 2 is 2.04 bits per heavy atom. The Labute approximate surface area is 137 Å². The molecular formula is C15H14N6O2S. The molecule has 8 nitrogen and oxygen atoms in total. The van der Waals surface area contributed by atoms with Crippen molar-refractivity contribution in [1.29, 1.82) is 0 Å². The molecule has 0 spiro atoms. The first-order valence-corrected chi connectivity index (χ1v) is 8.68. The van der Waals surface area contributed by atoms with Crippen molar-refractivity contribution in [2.24, 2.45) is 7.05 Å². The molecule has 0 aliphatic rings. The predicted molar refractivity (Wildman–Crippen MR) is 90.1 cm³/mol. The fraction of sp³-hybridized carbons (Fsp3) is 0.133. The summed E-state index contributed by atoms with van der Waals surface area (Å²) >= 11 is 0. The SMILES string of the molecule is Cc1nn(C)c2ncc(S(=O)(=O)Nc3ccc4cn[nH]c4c3)cc12. The first kappa shape index (κ1) is 14.6. The molecule has 0 radical (unpaired) electrons. The summed E-state index contributed by atoms with van der Waals surface area (Å²) < 4.78 is 29.5. The van der Waals surface area contributed by atoms with Gasteiger partial charge in [-0.1, -0.05) is 0 Å². The lowest BCUT2D eigenvalue weighted by atomic mass is 10.2. The maximum Gasteiger partial charge on any atom is 0.263 e. The number of pyridine rings is 1. The fourth-order valence-corrected chi connectivity index (χ4v) is 3.67. The Balaban J connectivity index is 1.75. The van der Waals surface area contributed by atoms with Gasteiger partial charge in [0.1, 0.15) is 4.90 Å². The first-order valence-electron chi connectivity index (χ1n) is 7.19. The fourth-order valence-electron chi connectivity index (χ4n) is 2.65. The highest BCUT2D eigenvalue weighted by molar-refractivity contribution is 7.92. The minimum atomic E-state index is -3.75. The maximum absolute atomic E-state index is 12.6. The number of H-pyrrole nitrogens is 1. The number of aryl methyl sites for hydroxylation is 2. The van der Waals surface area contributed by atoms with Gasteiger partial charge < -0.3 is 0 Å². The van der Waals surface area contributed by atoms with E-state index in [0.29, 0.717) is 16.7 Å². The van der Waals surface area contributed by atoms with Crippen LogP contribution in [0.15, 0.2) is 41.6 Å². The van der Waals surface area contributed by atoms with Crippen molar-refractivity contribution in [2.45, 2.75) is 11.8 Å². The largest absolute Gasteiger partial charge is 0.280 e. The molecule has 2 N–H and O–H groups in total. The van der Waals surface area contributed by atoms with E-state index in [1.807, 2.05) is 6.92 Å². The molecule has 1 aromatic carbocycles. The normalized spacial score (nSPS) is 12.1. The number of aromatic nitrogens is 5. The molecule has 4 aromatic rings. The average molecular weight is 342 g/mol. The lowest BCUT2D eigenvalue weighted by molar-refractivity contribution is 0.601. The molecule has 0 atom stereocenters. The third kappa shape index (κ3) is 2.29. The van der Waals surface area contributed by atoms with Crippen LogP contribution in [0.3, 0.4) is 0 Å². The van der Waals surface area contributed by atoms with Gasteiger partial charge in [-0.2, -0.15) is 10.2 Å². The highest BCUT2D eigenvalue weighted by atomic mass is 32.2. The van der Waals surface area contributed by atoms with E-state index in [0.717, 1.165) is 16.6 Å². The number of anilines is 1. The highest BCUT2D eigenvalue weighted by Gasteiger charge is 2.18. The van der Waals surface area contributed by atoms with Gasteiger partial charge in [-0.15, -0.1) is 0 Å². The van der Waals surface area contributed by atoms with Crippen LogP contribution in [0, 0.1) is 6.92 Å². The quantitative estimate of drug-likeness (QED) is 0.592. The van der Waals surface area contributed by atoms with Crippen molar-refractivity contribution in [3.05, 3.63) is 42.4 Å². The Kier molecular flexibility index (Phi) is 3.07. The molecule has 0 unspecified atom stereocenters. The number of fused-ring (bicyclic) bond motifs is 2. The number of nitrogens with one attached hydrogen (secondary N) is 2. The van der Waals surface area contributed by atoms with Crippen LogP contribution in [0.1, 0.15) is 5.69 Å². The standard InChI is InChI=1S/C15H14N6O2S/c1-9-13-6-12(8-16-15(13)21(2)19-9)24(22,23)20-11-4-3-10-7-17-18-14(10)5-11/h3-8,20H,1-2H3,(H,17,18). The number of sulfonamides is 1. The first-order chi connectivity index (χ1) is 11.4. The molecule has 122 valence electrons. The Hall–Kier alpha value is -2.94. The van der Waals surface area contributed by atoms with Crippen molar-refractivity contribution in [3.8, 4) is 0 Å². The molecule has 0 amide bonds. The molecule has 9 heteroatoms. The number of hydrogen-bond donors (Lipinski definition) is 2. The van der Waals surface area contributed by atoms with Crippen LogP contribution >= 0.6 is 0 Å². The van der Waals surface area contributed by atoms with Gasteiger partial charge in [-0.25, -0.2) is 13.4 Å². The molecule has 0 saturated carbocycles. The summed E-state index contributed by atoms with van der Waals surface area (Å²) in [6, 6.07) is 6.77. The minimum absolute atomic E-state index is 0.0933. The molecule has 0 aliphatic heterocycles. The molecule has 4 rings (SSSR count). The van der Waals surface area contributed by atoms with Crippen molar-refractivity contribution < 1.29 is 8.42 Å². The van der Waals surface area contributed by atoms with Crippen LogP contribution < -0.4 is 4.72 Å². The zero-order valence-electron chi connectivity index (χ0n) is 13.0. The van der Waals surface area contributed by atoms with E-state index < -0.39 is 10.0 Å². The molecular weight excluding hydrogens is 328 g/mol. The average Bonchev–Trinajstić information content (AvgIpc) is 3.11. The second-order valence-corrected chi connectivity index (χ2v) is 7.21. The lowest BCUT2D eigenvalue weighted by Gasteiger charge is -2.08. The van der Waals surface area contributed by atoms with Gasteiger partial charge in [-0.05, 0) is 31.2 Å². The molecule has 0 saturated heterocycles. The second kappa shape index (κ2) is 5.03. The summed E-state index contributed by atoms with van der Waals surface area (Å²) in [5.41, 5.74) is 2.59. The van der Waals surface area contributed by atoms with Crippen LogP contribution in [-0.2, 0) is 17.1 Å². The maximum atomic E-state index is 12.6. The summed E-state index contributed by atoms with van der Waals surface area (Å²) in [7, 11) is -1.98. The van der Waals surface area contributed by atoms with E-state index in [-0.39, 0.29) is 4.90 Å². The molecule has 3 aromatic heterocycles. The van der Waals surface area contributed by atoms with Gasteiger partial charge in [0.05, 0.1) is 23.1 Å². The number of rotatable bonds is 3. The van der Waals surface area contributed by atoms with Crippen molar-refractivity contribution >= 4 is 37.6 Å². The third-order valence-corrected chi connectivity index (χ3v) is 5.19. The molecule has 24 heavy (non-hydrogen) atoms. The van der Waals surface area contributed by atoms with E-state index in [1.165, 1.54) is 6.20 Å². The van der Waals surface area contributed by atoms with E-state index in [1.54, 1.807) is 42.2 Å². The summed E-state index contributed by atoms with van der Waals surface area (Å²) in [6.07, 6.45) is 3.01. The van der Waals surface area contributed by atoms with Crippen LogP contribution in [0.5, 0.6) is 0 Å². The van der Waals surface area contributed by atoms with Gasteiger partial charge in [0, 0.05) is 24.0 Å². The lowest BCUT2D eigenvalue weighted by Crippen LogP contribution is -2.13. The van der Waals surface area contributed by atoms with Crippen LogP contribution in [0.4, 0.5) is 5.69 Å². The highest BCUT2D eigenvalue weighted by Crippen LogP contribution is 2.23. The smallest absolute Gasteiger partial charge is 0.263 e. The summed E-state index contributed by atoms with van der Waals surface area (Å²) in [5, 5.41) is 12.6. The van der Waals surface area contributed by atoms with Crippen molar-refractivity contribution in [1.82, 2.24) is 25.0 Å². The molecule has 0 fully saturated rings. The summed E-state index contributed by atoms with van der Waals surface area (Å²) in [5.74, 6) is 0. The van der Waals surface area contributed by atoms with Crippen LogP contribution in [0.25, 0.3) is 21.9 Å². The third-order valence-electron chi connectivity index (χ3n) is 3.84.